The summed E-state index contributed by atoms with van der Waals surface area (Å²) in [6.07, 6.45) is 8.43. The zero-order valence-corrected chi connectivity index (χ0v) is 18.9. The van der Waals surface area contributed by atoms with E-state index in [-0.39, 0.29) is 5.91 Å². The van der Waals surface area contributed by atoms with Crippen LogP contribution in [0, 0.1) is 0 Å². The van der Waals surface area contributed by atoms with Gasteiger partial charge in [0.1, 0.15) is 10.0 Å². The van der Waals surface area contributed by atoms with Crippen molar-refractivity contribution in [3.63, 3.8) is 0 Å². The fourth-order valence-corrected chi connectivity index (χ4v) is 6.23. The van der Waals surface area contributed by atoms with Gasteiger partial charge in [0.15, 0.2) is 0 Å². The van der Waals surface area contributed by atoms with Crippen molar-refractivity contribution in [1.82, 2.24) is 15.6 Å². The SMILES string of the molecule is CC(C)NCCC(=O)Nc1sc2c(c1-c1nc(C3=CCNCC3)cs1)CCCC2. The van der Waals surface area contributed by atoms with Gasteiger partial charge in [-0.1, -0.05) is 19.9 Å². The molecule has 4 rings (SSSR count). The Bertz CT molecular complexity index is 897. The molecule has 2 aliphatic rings. The van der Waals surface area contributed by atoms with Gasteiger partial charge in [-0.05, 0) is 49.8 Å². The van der Waals surface area contributed by atoms with Crippen LogP contribution in [0.15, 0.2) is 11.5 Å². The number of fused-ring (bicyclic) bond motifs is 1. The minimum absolute atomic E-state index is 0.0795. The summed E-state index contributed by atoms with van der Waals surface area (Å²) in [6.45, 7) is 6.83. The van der Waals surface area contributed by atoms with E-state index in [9.17, 15) is 4.79 Å². The molecule has 0 saturated carbocycles. The molecule has 0 radical (unpaired) electrons. The van der Waals surface area contributed by atoms with E-state index in [2.05, 4.69) is 41.3 Å². The minimum atomic E-state index is 0.0795. The molecule has 0 aromatic carbocycles. The van der Waals surface area contributed by atoms with E-state index in [1.54, 1.807) is 22.7 Å². The molecule has 3 heterocycles. The molecule has 2 aromatic heterocycles. The summed E-state index contributed by atoms with van der Waals surface area (Å²) in [6, 6.07) is 0.394. The molecule has 0 fully saturated rings. The number of rotatable bonds is 7. The van der Waals surface area contributed by atoms with E-state index >= 15 is 0 Å². The topological polar surface area (TPSA) is 66.0 Å². The molecule has 0 saturated heterocycles. The first-order valence-electron chi connectivity index (χ1n) is 10.7. The van der Waals surface area contributed by atoms with Gasteiger partial charge >= 0.3 is 0 Å². The predicted molar refractivity (Wildman–Crippen MR) is 124 cm³/mol. The molecule has 3 N–H and O–H groups in total. The van der Waals surface area contributed by atoms with E-state index in [0.717, 1.165) is 48.1 Å². The number of carbonyl (C=O) groups excluding carboxylic acids is 1. The number of nitrogens with zero attached hydrogens (tertiary/aromatic N) is 1. The summed E-state index contributed by atoms with van der Waals surface area (Å²) >= 11 is 3.47. The van der Waals surface area contributed by atoms with Crippen LogP contribution in [0.5, 0.6) is 0 Å². The van der Waals surface area contributed by atoms with Gasteiger partial charge in [0.2, 0.25) is 5.91 Å². The van der Waals surface area contributed by atoms with Crippen LogP contribution in [0.25, 0.3) is 16.1 Å². The first-order valence-corrected chi connectivity index (χ1v) is 12.3. The first kappa shape index (κ1) is 20.7. The van der Waals surface area contributed by atoms with Gasteiger partial charge in [0.25, 0.3) is 0 Å². The van der Waals surface area contributed by atoms with Gasteiger partial charge in [-0.2, -0.15) is 0 Å². The van der Waals surface area contributed by atoms with Crippen molar-refractivity contribution in [3.05, 3.63) is 27.6 Å². The van der Waals surface area contributed by atoms with Crippen molar-refractivity contribution in [3.8, 4) is 10.6 Å². The highest BCUT2D eigenvalue weighted by molar-refractivity contribution is 7.18. The molecule has 1 aliphatic carbocycles. The Morgan fingerprint density at radius 1 is 1.28 bits per heavy atom. The number of carbonyl (C=O) groups is 1. The number of hydrogen-bond acceptors (Lipinski definition) is 6. The molecule has 2 aromatic rings. The number of thiazole rings is 1. The smallest absolute Gasteiger partial charge is 0.226 e. The molecule has 1 aliphatic heterocycles. The standard InChI is InChI=1S/C22H30N4OS2/c1-14(2)24-12-9-19(27)26-22-20(16-5-3-4-6-18(16)29-22)21-25-17(13-28-21)15-7-10-23-11-8-15/h7,13-14,23-24H,3-6,8-12H2,1-2H3,(H,26,27). The van der Waals surface area contributed by atoms with Crippen LogP contribution in [0.2, 0.25) is 0 Å². The van der Waals surface area contributed by atoms with Gasteiger partial charge < -0.3 is 16.0 Å². The van der Waals surface area contributed by atoms with Crippen molar-refractivity contribution in [2.24, 2.45) is 0 Å². The highest BCUT2D eigenvalue weighted by Gasteiger charge is 2.25. The summed E-state index contributed by atoms with van der Waals surface area (Å²) in [5, 5.41) is 14.1. The van der Waals surface area contributed by atoms with Crippen LogP contribution in [-0.4, -0.2) is 36.6 Å². The highest BCUT2D eigenvalue weighted by Crippen LogP contribution is 2.45. The molecule has 5 nitrogen and oxygen atoms in total. The maximum absolute atomic E-state index is 12.6. The summed E-state index contributed by atoms with van der Waals surface area (Å²) in [5.41, 5.74) is 5.03. The average molecular weight is 431 g/mol. The van der Waals surface area contributed by atoms with Crippen molar-refractivity contribution < 1.29 is 4.79 Å². The number of aromatic nitrogens is 1. The molecule has 0 unspecified atom stereocenters. The van der Waals surface area contributed by atoms with Gasteiger partial charge in [0, 0.05) is 41.4 Å². The van der Waals surface area contributed by atoms with Crippen LogP contribution in [0.3, 0.4) is 0 Å². The Kier molecular flexibility index (Phi) is 6.80. The monoisotopic (exact) mass is 430 g/mol. The van der Waals surface area contributed by atoms with Gasteiger partial charge in [-0.3, -0.25) is 4.79 Å². The Hall–Kier alpha value is -1.54. The lowest BCUT2D eigenvalue weighted by Gasteiger charge is -2.13. The Balaban J connectivity index is 1.59. The van der Waals surface area contributed by atoms with Gasteiger partial charge in [-0.15, -0.1) is 22.7 Å². The molecular weight excluding hydrogens is 400 g/mol. The molecule has 0 bridgehead atoms. The largest absolute Gasteiger partial charge is 0.317 e. The molecule has 0 atom stereocenters. The van der Waals surface area contributed by atoms with E-state index < -0.39 is 0 Å². The maximum atomic E-state index is 12.6. The van der Waals surface area contributed by atoms with E-state index in [4.69, 9.17) is 4.98 Å². The van der Waals surface area contributed by atoms with E-state index in [1.165, 1.54) is 34.4 Å². The Morgan fingerprint density at radius 2 is 2.14 bits per heavy atom. The lowest BCUT2D eigenvalue weighted by atomic mass is 9.95. The van der Waals surface area contributed by atoms with E-state index in [0.29, 0.717) is 19.0 Å². The molecule has 0 spiro atoms. The number of thiophene rings is 1. The van der Waals surface area contributed by atoms with E-state index in [1.807, 2.05) is 0 Å². The Morgan fingerprint density at radius 3 is 2.93 bits per heavy atom. The molecular formula is C22H30N4OS2. The molecule has 7 heteroatoms. The molecule has 156 valence electrons. The van der Waals surface area contributed by atoms with Crippen LogP contribution < -0.4 is 16.0 Å². The predicted octanol–water partition coefficient (Wildman–Crippen LogP) is 4.45. The van der Waals surface area contributed by atoms with Crippen LogP contribution in [-0.2, 0) is 17.6 Å². The number of anilines is 1. The quantitative estimate of drug-likeness (QED) is 0.607. The fraction of sp³-hybridized carbons (Fsp3) is 0.545. The number of aryl methyl sites for hydroxylation is 1. The van der Waals surface area contributed by atoms with Crippen LogP contribution in [0.1, 0.15) is 55.7 Å². The van der Waals surface area contributed by atoms with Crippen molar-refractivity contribution in [1.29, 1.82) is 0 Å². The third kappa shape index (κ3) is 4.97. The fourth-order valence-electron chi connectivity index (χ4n) is 3.93. The van der Waals surface area contributed by atoms with Crippen molar-refractivity contribution in [2.45, 2.75) is 58.4 Å². The minimum Gasteiger partial charge on any atom is -0.317 e. The van der Waals surface area contributed by atoms with Crippen LogP contribution >= 0.6 is 22.7 Å². The van der Waals surface area contributed by atoms with Crippen molar-refractivity contribution >= 4 is 39.2 Å². The zero-order valence-electron chi connectivity index (χ0n) is 17.3. The summed E-state index contributed by atoms with van der Waals surface area (Å²) < 4.78 is 0. The maximum Gasteiger partial charge on any atom is 0.226 e. The second-order valence-corrected chi connectivity index (χ2v) is 10.0. The van der Waals surface area contributed by atoms with Gasteiger partial charge in [0.05, 0.1) is 5.69 Å². The number of nitrogens with one attached hydrogen (secondary N) is 3. The summed E-state index contributed by atoms with van der Waals surface area (Å²) in [5.74, 6) is 0.0795. The normalized spacial score (nSPS) is 16.6. The molecule has 29 heavy (non-hydrogen) atoms. The van der Waals surface area contributed by atoms with Crippen LogP contribution in [0.4, 0.5) is 5.00 Å². The number of amides is 1. The van der Waals surface area contributed by atoms with Gasteiger partial charge in [-0.25, -0.2) is 4.98 Å². The highest BCUT2D eigenvalue weighted by atomic mass is 32.1. The number of hydrogen-bond donors (Lipinski definition) is 3. The third-order valence-electron chi connectivity index (χ3n) is 5.44. The second-order valence-electron chi connectivity index (χ2n) is 8.04. The van der Waals surface area contributed by atoms with Crippen molar-refractivity contribution in [2.75, 3.05) is 25.0 Å². The lowest BCUT2D eigenvalue weighted by molar-refractivity contribution is -0.116. The lowest BCUT2D eigenvalue weighted by Crippen LogP contribution is -2.27. The summed E-state index contributed by atoms with van der Waals surface area (Å²) in [4.78, 5) is 19.0. The average Bonchev–Trinajstić information content (AvgIpc) is 3.32. The Labute approximate surface area is 181 Å². The summed E-state index contributed by atoms with van der Waals surface area (Å²) in [7, 11) is 0. The first-order chi connectivity index (χ1) is 14.1. The second kappa shape index (κ2) is 9.51. The third-order valence-corrected chi connectivity index (χ3v) is 7.51. The zero-order chi connectivity index (χ0) is 20.2. The molecule has 1 amide bonds.